The van der Waals surface area contributed by atoms with E-state index in [1.807, 2.05) is 30.3 Å². The average Bonchev–Trinajstić information content (AvgIpc) is 2.76. The lowest BCUT2D eigenvalue weighted by molar-refractivity contribution is 0.148. The van der Waals surface area contributed by atoms with Gasteiger partial charge in [-0.05, 0) is 17.9 Å². The highest BCUT2D eigenvalue weighted by molar-refractivity contribution is 7.89. The van der Waals surface area contributed by atoms with Gasteiger partial charge in [-0.2, -0.15) is 4.31 Å². The number of sulfonamides is 1. The Morgan fingerprint density at radius 3 is 2.65 bits per heavy atom. The molecular formula is C15H17NO3S. The van der Waals surface area contributed by atoms with E-state index >= 15 is 0 Å². The van der Waals surface area contributed by atoms with Gasteiger partial charge in [0.05, 0.1) is 11.5 Å². The van der Waals surface area contributed by atoms with E-state index in [4.69, 9.17) is 4.74 Å². The zero-order chi connectivity index (χ0) is 14.0. The second-order valence-electron chi connectivity index (χ2n) is 4.85. The van der Waals surface area contributed by atoms with Gasteiger partial charge in [-0.15, -0.1) is 0 Å². The van der Waals surface area contributed by atoms with Crippen molar-refractivity contribution in [2.45, 2.75) is 11.3 Å². The first kappa shape index (κ1) is 13.5. The maximum Gasteiger partial charge on any atom is 0.243 e. The Labute approximate surface area is 119 Å². The van der Waals surface area contributed by atoms with Crippen LogP contribution in [0.5, 0.6) is 0 Å². The van der Waals surface area contributed by atoms with Gasteiger partial charge in [0, 0.05) is 25.1 Å². The van der Waals surface area contributed by atoms with E-state index < -0.39 is 10.0 Å². The fourth-order valence-corrected chi connectivity index (χ4v) is 4.20. The first-order valence-electron chi connectivity index (χ1n) is 6.75. The van der Waals surface area contributed by atoms with E-state index in [9.17, 15) is 8.42 Å². The summed E-state index contributed by atoms with van der Waals surface area (Å²) in [4.78, 5) is 0.387. The first-order chi connectivity index (χ1) is 9.69. The van der Waals surface area contributed by atoms with Crippen LogP contribution in [0.3, 0.4) is 0 Å². The average molecular weight is 291 g/mol. The molecule has 0 aromatic heterocycles. The lowest BCUT2D eigenvalue weighted by Gasteiger charge is -2.20. The number of hydrogen-bond acceptors (Lipinski definition) is 3. The minimum atomic E-state index is -3.46. The van der Waals surface area contributed by atoms with Crippen molar-refractivity contribution in [3.8, 4) is 0 Å². The number of hydrogen-bond donors (Lipinski definition) is 0. The largest absolute Gasteiger partial charge is 0.380 e. The van der Waals surface area contributed by atoms with E-state index in [0.29, 0.717) is 31.2 Å². The molecule has 4 nitrogen and oxygen atoms in total. The van der Waals surface area contributed by atoms with E-state index in [1.165, 1.54) is 4.31 Å². The Hall–Kier alpha value is -1.43. The van der Waals surface area contributed by atoms with Gasteiger partial charge in [-0.1, -0.05) is 36.4 Å². The Kier molecular flexibility index (Phi) is 3.74. The lowest BCUT2D eigenvalue weighted by Crippen LogP contribution is -2.33. The molecule has 0 unspecified atom stereocenters. The molecule has 5 heteroatoms. The molecule has 0 radical (unpaired) electrons. The topological polar surface area (TPSA) is 46.6 Å². The molecule has 0 amide bonds. The number of ether oxygens (including phenoxy) is 1. The van der Waals surface area contributed by atoms with Crippen molar-refractivity contribution in [3.63, 3.8) is 0 Å². The van der Waals surface area contributed by atoms with Crippen LogP contribution in [0.4, 0.5) is 0 Å². The molecule has 0 saturated carbocycles. The standard InChI is InChI=1S/C15H17NO3S/c17-20(18,16-9-4-11-19-12-10-16)15-8-3-6-13-5-1-2-7-14(13)15/h1-3,5-8H,4,9-12H2. The monoisotopic (exact) mass is 291 g/mol. The smallest absolute Gasteiger partial charge is 0.243 e. The van der Waals surface area contributed by atoms with Crippen LogP contribution in [0.15, 0.2) is 47.4 Å². The van der Waals surface area contributed by atoms with Crippen molar-refractivity contribution in [1.82, 2.24) is 4.31 Å². The SMILES string of the molecule is O=S(=O)(c1cccc2ccccc12)N1CCCOCC1. The molecule has 0 aliphatic carbocycles. The fourth-order valence-electron chi connectivity index (χ4n) is 2.52. The second kappa shape index (κ2) is 5.52. The van der Waals surface area contributed by atoms with Gasteiger partial charge in [0.1, 0.15) is 0 Å². The summed E-state index contributed by atoms with van der Waals surface area (Å²) < 4.78 is 32.5. The van der Waals surface area contributed by atoms with E-state index in [0.717, 1.165) is 17.2 Å². The van der Waals surface area contributed by atoms with Crippen LogP contribution in [0.2, 0.25) is 0 Å². The van der Waals surface area contributed by atoms with Crippen LogP contribution in [0.1, 0.15) is 6.42 Å². The lowest BCUT2D eigenvalue weighted by atomic mass is 10.1. The molecule has 106 valence electrons. The maximum absolute atomic E-state index is 12.8. The van der Waals surface area contributed by atoms with Crippen LogP contribution < -0.4 is 0 Å². The molecule has 1 aliphatic heterocycles. The quantitative estimate of drug-likeness (QED) is 0.852. The van der Waals surface area contributed by atoms with Crippen LogP contribution in [-0.4, -0.2) is 39.0 Å². The van der Waals surface area contributed by atoms with Crippen LogP contribution in [0, 0.1) is 0 Å². The zero-order valence-electron chi connectivity index (χ0n) is 11.2. The summed E-state index contributed by atoms with van der Waals surface area (Å²) in [5.74, 6) is 0. The van der Waals surface area contributed by atoms with Gasteiger partial charge in [0.15, 0.2) is 0 Å². The molecule has 1 heterocycles. The third-order valence-electron chi connectivity index (χ3n) is 3.55. The van der Waals surface area contributed by atoms with Crippen LogP contribution >= 0.6 is 0 Å². The number of rotatable bonds is 2. The van der Waals surface area contributed by atoms with Gasteiger partial charge < -0.3 is 4.74 Å². The predicted molar refractivity (Wildman–Crippen MR) is 78.1 cm³/mol. The molecule has 2 aromatic rings. The zero-order valence-corrected chi connectivity index (χ0v) is 12.0. The number of nitrogens with zero attached hydrogens (tertiary/aromatic N) is 1. The highest BCUT2D eigenvalue weighted by Gasteiger charge is 2.26. The molecule has 0 spiro atoms. The highest BCUT2D eigenvalue weighted by Crippen LogP contribution is 2.26. The minimum absolute atomic E-state index is 0.387. The van der Waals surface area contributed by atoms with E-state index in [1.54, 1.807) is 12.1 Å². The fraction of sp³-hybridized carbons (Fsp3) is 0.333. The molecule has 0 N–H and O–H groups in total. The van der Waals surface area contributed by atoms with E-state index in [-0.39, 0.29) is 0 Å². The maximum atomic E-state index is 12.8. The van der Waals surface area contributed by atoms with Crippen molar-refractivity contribution in [1.29, 1.82) is 0 Å². The first-order valence-corrected chi connectivity index (χ1v) is 8.19. The van der Waals surface area contributed by atoms with Crippen LogP contribution in [-0.2, 0) is 14.8 Å². The van der Waals surface area contributed by atoms with Gasteiger partial charge in [-0.25, -0.2) is 8.42 Å². The molecule has 3 rings (SSSR count). The van der Waals surface area contributed by atoms with E-state index in [2.05, 4.69) is 0 Å². The summed E-state index contributed by atoms with van der Waals surface area (Å²) in [6.45, 7) is 2.03. The number of fused-ring (bicyclic) bond motifs is 1. The van der Waals surface area contributed by atoms with Crippen molar-refractivity contribution in [3.05, 3.63) is 42.5 Å². The predicted octanol–water partition coefficient (Wildman–Crippen LogP) is 2.25. The summed E-state index contributed by atoms with van der Waals surface area (Å²) in [5, 5.41) is 1.72. The molecule has 0 bridgehead atoms. The molecule has 2 aromatic carbocycles. The molecule has 1 fully saturated rings. The second-order valence-corrected chi connectivity index (χ2v) is 6.75. The highest BCUT2D eigenvalue weighted by atomic mass is 32.2. The molecule has 0 atom stereocenters. The Bertz CT molecular complexity index is 699. The third-order valence-corrected chi connectivity index (χ3v) is 5.51. The normalized spacial score (nSPS) is 18.0. The summed E-state index contributed by atoms with van der Waals surface area (Å²) >= 11 is 0. The molecule has 20 heavy (non-hydrogen) atoms. The van der Waals surface area contributed by atoms with Gasteiger partial charge >= 0.3 is 0 Å². The van der Waals surface area contributed by atoms with Gasteiger partial charge in [0.2, 0.25) is 10.0 Å². The summed E-state index contributed by atoms with van der Waals surface area (Å²) in [6, 6.07) is 13.0. The van der Waals surface area contributed by atoms with Crippen molar-refractivity contribution in [2.75, 3.05) is 26.3 Å². The summed E-state index contributed by atoms with van der Waals surface area (Å²) in [6.07, 6.45) is 0.740. The molecule has 1 aliphatic rings. The molecular weight excluding hydrogens is 274 g/mol. The van der Waals surface area contributed by atoms with Crippen molar-refractivity contribution in [2.24, 2.45) is 0 Å². The Morgan fingerprint density at radius 2 is 1.75 bits per heavy atom. The number of benzene rings is 2. The summed E-state index contributed by atoms with van der Waals surface area (Å²) in [7, 11) is -3.46. The van der Waals surface area contributed by atoms with Crippen molar-refractivity contribution < 1.29 is 13.2 Å². The molecule has 1 saturated heterocycles. The van der Waals surface area contributed by atoms with Gasteiger partial charge in [0.25, 0.3) is 0 Å². The Morgan fingerprint density at radius 1 is 0.950 bits per heavy atom. The van der Waals surface area contributed by atoms with Crippen molar-refractivity contribution >= 4 is 20.8 Å². The third kappa shape index (κ3) is 2.44. The minimum Gasteiger partial charge on any atom is -0.380 e. The Balaban J connectivity index is 2.09. The van der Waals surface area contributed by atoms with Gasteiger partial charge in [-0.3, -0.25) is 0 Å². The van der Waals surface area contributed by atoms with Crippen LogP contribution in [0.25, 0.3) is 10.8 Å². The summed E-state index contributed by atoms with van der Waals surface area (Å²) in [5.41, 5.74) is 0.